The molecule has 1 atom stereocenters. The van der Waals surface area contributed by atoms with Gasteiger partial charge in [-0.2, -0.15) is 0 Å². The lowest BCUT2D eigenvalue weighted by Gasteiger charge is -2.34. The molecule has 0 bridgehead atoms. The fourth-order valence-electron chi connectivity index (χ4n) is 2.69. The van der Waals surface area contributed by atoms with E-state index in [9.17, 15) is 4.79 Å². The Morgan fingerprint density at radius 1 is 1.40 bits per heavy atom. The van der Waals surface area contributed by atoms with Crippen molar-refractivity contribution >= 4 is 6.09 Å². The first-order valence-electron chi connectivity index (χ1n) is 7.96. The van der Waals surface area contributed by atoms with Crippen molar-refractivity contribution in [2.24, 2.45) is 11.3 Å². The van der Waals surface area contributed by atoms with Gasteiger partial charge in [-0.1, -0.05) is 6.92 Å². The highest BCUT2D eigenvalue weighted by Gasteiger charge is 2.36. The Hall–Kier alpha value is -0.770. The zero-order valence-electron chi connectivity index (χ0n) is 13.5. The zero-order valence-corrected chi connectivity index (χ0v) is 13.5. The number of amides is 1. The van der Waals surface area contributed by atoms with Crippen molar-refractivity contribution in [1.82, 2.24) is 10.2 Å². The molecule has 1 aliphatic carbocycles. The number of carbonyl (C=O) groups is 1. The molecule has 0 radical (unpaired) electrons. The van der Waals surface area contributed by atoms with E-state index in [1.165, 1.54) is 19.3 Å². The fraction of sp³-hybridized carbons (Fsp3) is 0.938. The van der Waals surface area contributed by atoms with Crippen LogP contribution in [0.5, 0.6) is 0 Å². The van der Waals surface area contributed by atoms with E-state index in [0.29, 0.717) is 11.3 Å². The minimum Gasteiger partial charge on any atom is -0.444 e. The van der Waals surface area contributed by atoms with Crippen molar-refractivity contribution in [2.45, 2.75) is 59.0 Å². The van der Waals surface area contributed by atoms with Gasteiger partial charge in [-0.25, -0.2) is 4.79 Å². The van der Waals surface area contributed by atoms with Crippen LogP contribution in [0.1, 0.15) is 53.4 Å². The predicted molar refractivity (Wildman–Crippen MR) is 80.7 cm³/mol. The molecule has 1 unspecified atom stereocenters. The number of ether oxygens (including phenoxy) is 1. The van der Waals surface area contributed by atoms with Gasteiger partial charge in [-0.3, -0.25) is 0 Å². The van der Waals surface area contributed by atoms with E-state index in [1.54, 1.807) is 0 Å². The molecule has 4 nitrogen and oxygen atoms in total. The maximum Gasteiger partial charge on any atom is 0.410 e. The lowest BCUT2D eigenvalue weighted by Crippen LogP contribution is -2.45. The zero-order chi connectivity index (χ0) is 14.8. The Bertz CT molecular complexity index is 345. The average molecular weight is 282 g/mol. The summed E-state index contributed by atoms with van der Waals surface area (Å²) in [5, 5.41) is 3.59. The summed E-state index contributed by atoms with van der Waals surface area (Å²) < 4.78 is 5.46. The third-order valence-electron chi connectivity index (χ3n) is 4.26. The Morgan fingerprint density at radius 3 is 2.70 bits per heavy atom. The lowest BCUT2D eigenvalue weighted by molar-refractivity contribution is 0.0166. The van der Waals surface area contributed by atoms with Gasteiger partial charge >= 0.3 is 6.09 Å². The first-order valence-corrected chi connectivity index (χ1v) is 7.96. The molecule has 2 fully saturated rings. The molecule has 1 N–H and O–H groups in total. The van der Waals surface area contributed by atoms with Crippen LogP contribution in [-0.4, -0.2) is 42.8 Å². The summed E-state index contributed by atoms with van der Waals surface area (Å²) in [5.41, 5.74) is 0.155. The van der Waals surface area contributed by atoms with Gasteiger partial charge in [0.25, 0.3) is 0 Å². The topological polar surface area (TPSA) is 41.6 Å². The number of piperidine rings is 1. The van der Waals surface area contributed by atoms with Crippen LogP contribution >= 0.6 is 0 Å². The Kier molecular flexibility index (Phi) is 4.62. The van der Waals surface area contributed by atoms with E-state index in [2.05, 4.69) is 12.2 Å². The average Bonchev–Trinajstić information content (AvgIpc) is 3.06. The number of hydrogen-bond donors (Lipinski definition) is 1. The number of hydrogen-bond acceptors (Lipinski definition) is 3. The molecule has 0 aromatic heterocycles. The summed E-state index contributed by atoms with van der Waals surface area (Å²) in [6.45, 7) is 11.9. The van der Waals surface area contributed by atoms with E-state index < -0.39 is 5.60 Å². The lowest BCUT2D eigenvalue weighted by atomic mass is 9.98. The van der Waals surface area contributed by atoms with Crippen LogP contribution in [0, 0.1) is 11.3 Å². The van der Waals surface area contributed by atoms with E-state index in [0.717, 1.165) is 32.6 Å². The number of nitrogens with zero attached hydrogens (tertiary/aromatic N) is 1. The summed E-state index contributed by atoms with van der Waals surface area (Å²) in [7, 11) is 0. The maximum absolute atomic E-state index is 12.1. The first-order chi connectivity index (χ1) is 9.27. The van der Waals surface area contributed by atoms with Crippen LogP contribution in [0.3, 0.4) is 0 Å². The molecule has 1 saturated carbocycles. The van der Waals surface area contributed by atoms with E-state index >= 15 is 0 Å². The van der Waals surface area contributed by atoms with Crippen molar-refractivity contribution in [3.05, 3.63) is 0 Å². The molecule has 116 valence electrons. The highest BCUT2D eigenvalue weighted by atomic mass is 16.6. The quantitative estimate of drug-likeness (QED) is 0.862. The van der Waals surface area contributed by atoms with Crippen molar-refractivity contribution in [3.63, 3.8) is 0 Å². The number of rotatable bonds is 4. The molecule has 1 heterocycles. The monoisotopic (exact) mass is 282 g/mol. The molecule has 2 rings (SSSR count). The number of nitrogens with one attached hydrogen (secondary N) is 1. The summed E-state index contributed by atoms with van der Waals surface area (Å²) in [6, 6.07) is 0. The second-order valence-corrected chi connectivity index (χ2v) is 7.88. The van der Waals surface area contributed by atoms with E-state index in [1.807, 2.05) is 25.7 Å². The minimum atomic E-state index is -0.400. The normalized spacial score (nSPS) is 25.4. The van der Waals surface area contributed by atoms with Crippen LogP contribution < -0.4 is 5.32 Å². The van der Waals surface area contributed by atoms with E-state index in [4.69, 9.17) is 4.74 Å². The summed E-state index contributed by atoms with van der Waals surface area (Å²) >= 11 is 0. The second-order valence-electron chi connectivity index (χ2n) is 7.88. The Morgan fingerprint density at radius 2 is 2.10 bits per heavy atom. The largest absolute Gasteiger partial charge is 0.444 e. The molecule has 1 aliphatic heterocycles. The Labute approximate surface area is 123 Å². The van der Waals surface area contributed by atoms with Gasteiger partial charge in [0, 0.05) is 19.6 Å². The van der Waals surface area contributed by atoms with E-state index in [-0.39, 0.29) is 6.09 Å². The SMILES string of the molecule is CC1(CNCC2CCCN(C(=O)OC(C)(C)C)C2)CC1. The predicted octanol–water partition coefficient (Wildman–Crippen LogP) is 3.02. The summed E-state index contributed by atoms with van der Waals surface area (Å²) in [6.07, 6.45) is 4.85. The summed E-state index contributed by atoms with van der Waals surface area (Å²) in [4.78, 5) is 14.0. The minimum absolute atomic E-state index is 0.156. The Balaban J connectivity index is 1.72. The van der Waals surface area contributed by atoms with Gasteiger partial charge in [0.2, 0.25) is 0 Å². The number of carbonyl (C=O) groups excluding carboxylic acids is 1. The van der Waals surface area contributed by atoms with Crippen LogP contribution in [0.15, 0.2) is 0 Å². The second kappa shape index (κ2) is 5.92. The van der Waals surface area contributed by atoms with Gasteiger partial charge in [0.1, 0.15) is 5.60 Å². The van der Waals surface area contributed by atoms with Gasteiger partial charge in [0.05, 0.1) is 0 Å². The first kappa shape index (κ1) is 15.6. The molecular weight excluding hydrogens is 252 g/mol. The maximum atomic E-state index is 12.1. The van der Waals surface area contributed by atoms with Gasteiger partial charge < -0.3 is 15.0 Å². The van der Waals surface area contributed by atoms with Gasteiger partial charge in [-0.05, 0) is 64.3 Å². The molecule has 0 aromatic carbocycles. The molecule has 0 spiro atoms. The van der Waals surface area contributed by atoms with Gasteiger partial charge in [0.15, 0.2) is 0 Å². The van der Waals surface area contributed by atoms with Crippen molar-refractivity contribution in [3.8, 4) is 0 Å². The fourth-order valence-corrected chi connectivity index (χ4v) is 2.69. The van der Waals surface area contributed by atoms with Crippen molar-refractivity contribution < 1.29 is 9.53 Å². The standard InChI is InChI=1S/C16H30N2O2/c1-15(2,3)20-14(19)18-9-5-6-13(11-18)10-17-12-16(4)7-8-16/h13,17H,5-12H2,1-4H3. The highest BCUT2D eigenvalue weighted by molar-refractivity contribution is 5.68. The molecule has 20 heavy (non-hydrogen) atoms. The summed E-state index contributed by atoms with van der Waals surface area (Å²) in [5.74, 6) is 0.568. The number of likely N-dealkylation sites (tertiary alicyclic amines) is 1. The highest BCUT2D eigenvalue weighted by Crippen LogP contribution is 2.44. The van der Waals surface area contributed by atoms with Gasteiger partial charge in [-0.15, -0.1) is 0 Å². The third-order valence-corrected chi connectivity index (χ3v) is 4.26. The molecule has 0 aromatic rings. The molecule has 4 heteroatoms. The molecule has 1 amide bonds. The third kappa shape index (κ3) is 4.97. The smallest absolute Gasteiger partial charge is 0.410 e. The van der Waals surface area contributed by atoms with Crippen molar-refractivity contribution in [2.75, 3.05) is 26.2 Å². The van der Waals surface area contributed by atoms with Crippen LogP contribution in [0.4, 0.5) is 4.79 Å². The van der Waals surface area contributed by atoms with Crippen LogP contribution in [0.2, 0.25) is 0 Å². The van der Waals surface area contributed by atoms with Crippen molar-refractivity contribution in [1.29, 1.82) is 0 Å². The van der Waals surface area contributed by atoms with Crippen LogP contribution in [-0.2, 0) is 4.74 Å². The van der Waals surface area contributed by atoms with Crippen LogP contribution in [0.25, 0.3) is 0 Å². The molecule has 1 saturated heterocycles. The molecular formula is C16H30N2O2. The molecule has 2 aliphatic rings.